The average molecular weight is 243 g/mol. The lowest BCUT2D eigenvalue weighted by Gasteiger charge is -2.19. The highest BCUT2D eigenvalue weighted by molar-refractivity contribution is 7.15. The van der Waals surface area contributed by atoms with Gasteiger partial charge in [0.15, 0.2) is 4.96 Å². The van der Waals surface area contributed by atoms with Crippen molar-refractivity contribution in [3.05, 3.63) is 23.5 Å². The van der Waals surface area contributed by atoms with E-state index >= 15 is 0 Å². The van der Waals surface area contributed by atoms with Gasteiger partial charge in [0, 0.05) is 23.7 Å². The summed E-state index contributed by atoms with van der Waals surface area (Å²) < 4.78 is 2.15. The molecule has 82 valence electrons. The second kappa shape index (κ2) is 4.54. The largest absolute Gasteiger partial charge is 0.297 e. The van der Waals surface area contributed by atoms with Gasteiger partial charge < -0.3 is 0 Å². The van der Waals surface area contributed by atoms with E-state index in [1.807, 2.05) is 0 Å². The van der Waals surface area contributed by atoms with Gasteiger partial charge in [-0.2, -0.15) is 0 Å². The van der Waals surface area contributed by atoms with Crippen molar-refractivity contribution < 1.29 is 0 Å². The number of nitrogens with zero attached hydrogens (tertiary/aromatic N) is 2. The summed E-state index contributed by atoms with van der Waals surface area (Å²) in [7, 11) is 0. The second-order valence-electron chi connectivity index (χ2n) is 4.09. The van der Waals surface area contributed by atoms with Crippen molar-refractivity contribution in [2.24, 2.45) is 0 Å². The van der Waals surface area contributed by atoms with Crippen LogP contribution in [0.15, 0.2) is 17.8 Å². The third-order valence-electron chi connectivity index (χ3n) is 3.14. The molecule has 0 unspecified atom stereocenters. The number of thiazole rings is 1. The van der Waals surface area contributed by atoms with E-state index in [0.717, 1.165) is 10.9 Å². The topological polar surface area (TPSA) is 17.3 Å². The molecule has 1 aliphatic rings. The lowest BCUT2D eigenvalue weighted by Crippen LogP contribution is -2.04. The van der Waals surface area contributed by atoms with Crippen LogP contribution in [0.5, 0.6) is 0 Å². The highest BCUT2D eigenvalue weighted by Gasteiger charge is 2.18. The maximum Gasteiger partial charge on any atom is 0.193 e. The molecule has 1 saturated carbocycles. The Balaban J connectivity index is 0.000000853. The monoisotopic (exact) mass is 242 g/mol. The Bertz CT molecular complexity index is 400. The lowest BCUT2D eigenvalue weighted by molar-refractivity contribution is 0.438. The van der Waals surface area contributed by atoms with Crippen molar-refractivity contribution in [2.75, 3.05) is 0 Å². The summed E-state index contributed by atoms with van der Waals surface area (Å²) in [6.07, 6.45) is 11.2. The summed E-state index contributed by atoms with van der Waals surface area (Å²) in [5, 5.41) is 2.09. The number of fused-ring (bicyclic) bond motifs is 1. The molecule has 1 aliphatic carbocycles. The molecular weight excluding hydrogens is 228 g/mol. The second-order valence-corrected chi connectivity index (χ2v) is 4.97. The van der Waals surface area contributed by atoms with Gasteiger partial charge in [0.25, 0.3) is 0 Å². The van der Waals surface area contributed by atoms with Gasteiger partial charge in [-0.05, 0) is 12.8 Å². The minimum absolute atomic E-state index is 0. The quantitative estimate of drug-likeness (QED) is 0.742. The van der Waals surface area contributed by atoms with Gasteiger partial charge in [0.2, 0.25) is 0 Å². The van der Waals surface area contributed by atoms with Crippen molar-refractivity contribution in [3.8, 4) is 0 Å². The smallest absolute Gasteiger partial charge is 0.193 e. The van der Waals surface area contributed by atoms with Crippen molar-refractivity contribution >= 4 is 28.7 Å². The van der Waals surface area contributed by atoms with Crippen LogP contribution in [0.4, 0.5) is 0 Å². The standard InChI is InChI=1S/C11H14N2S.ClH/c1-2-4-9(5-3-1)10-8-13-6-7-14-11(13)12-10;/h6-9H,1-5H2;1H. The van der Waals surface area contributed by atoms with Crippen LogP contribution in [0.2, 0.25) is 0 Å². The van der Waals surface area contributed by atoms with Crippen LogP contribution in [-0.4, -0.2) is 9.38 Å². The molecule has 4 heteroatoms. The Morgan fingerprint density at radius 1 is 1.27 bits per heavy atom. The molecule has 2 aromatic heterocycles. The normalized spacial score (nSPS) is 17.9. The predicted molar refractivity (Wildman–Crippen MR) is 66.1 cm³/mol. The Labute approximate surface area is 99.7 Å². The molecule has 0 saturated heterocycles. The van der Waals surface area contributed by atoms with E-state index in [4.69, 9.17) is 0 Å². The number of hydrogen-bond donors (Lipinski definition) is 0. The molecular formula is C11H15ClN2S. The van der Waals surface area contributed by atoms with Crippen LogP contribution in [0.25, 0.3) is 4.96 Å². The van der Waals surface area contributed by atoms with Crippen LogP contribution in [0.1, 0.15) is 43.7 Å². The molecule has 0 amide bonds. The van der Waals surface area contributed by atoms with E-state index in [2.05, 4.69) is 27.2 Å². The third kappa shape index (κ3) is 2.04. The maximum atomic E-state index is 4.68. The number of aromatic nitrogens is 2. The minimum Gasteiger partial charge on any atom is -0.297 e. The molecule has 2 heterocycles. The van der Waals surface area contributed by atoms with Crippen LogP contribution in [0.3, 0.4) is 0 Å². The van der Waals surface area contributed by atoms with E-state index in [9.17, 15) is 0 Å². The Morgan fingerprint density at radius 2 is 2.07 bits per heavy atom. The molecule has 0 aromatic carbocycles. The van der Waals surface area contributed by atoms with Gasteiger partial charge in [-0.1, -0.05) is 19.3 Å². The molecule has 3 rings (SSSR count). The molecule has 2 nitrogen and oxygen atoms in total. The van der Waals surface area contributed by atoms with E-state index in [-0.39, 0.29) is 12.4 Å². The van der Waals surface area contributed by atoms with Crippen LogP contribution in [-0.2, 0) is 0 Å². The molecule has 1 fully saturated rings. The zero-order valence-corrected chi connectivity index (χ0v) is 10.2. The minimum atomic E-state index is 0. The molecule has 0 atom stereocenters. The summed E-state index contributed by atoms with van der Waals surface area (Å²) >= 11 is 1.72. The average Bonchev–Trinajstić information content (AvgIpc) is 2.78. The Morgan fingerprint density at radius 3 is 2.80 bits per heavy atom. The van der Waals surface area contributed by atoms with Crippen LogP contribution < -0.4 is 0 Å². The summed E-state index contributed by atoms with van der Waals surface area (Å²) in [5.41, 5.74) is 1.32. The molecule has 0 bridgehead atoms. The van der Waals surface area contributed by atoms with Gasteiger partial charge >= 0.3 is 0 Å². The summed E-state index contributed by atoms with van der Waals surface area (Å²) in [4.78, 5) is 5.82. The number of imidazole rings is 1. The third-order valence-corrected chi connectivity index (χ3v) is 3.91. The Kier molecular flexibility index (Phi) is 3.32. The van der Waals surface area contributed by atoms with Gasteiger partial charge in [0.05, 0.1) is 5.69 Å². The summed E-state index contributed by atoms with van der Waals surface area (Å²) in [6, 6.07) is 0. The molecule has 0 aliphatic heterocycles. The highest BCUT2D eigenvalue weighted by Crippen LogP contribution is 2.32. The summed E-state index contributed by atoms with van der Waals surface area (Å²) in [6.45, 7) is 0. The fourth-order valence-electron chi connectivity index (χ4n) is 2.34. The van der Waals surface area contributed by atoms with Crippen molar-refractivity contribution in [1.82, 2.24) is 9.38 Å². The summed E-state index contributed by atoms with van der Waals surface area (Å²) in [5.74, 6) is 0.732. The number of halogens is 1. The first-order valence-corrected chi connectivity index (χ1v) is 6.23. The first kappa shape index (κ1) is 11.0. The van der Waals surface area contributed by atoms with E-state index in [0.29, 0.717) is 0 Å². The molecule has 0 radical (unpaired) electrons. The number of rotatable bonds is 1. The van der Waals surface area contributed by atoms with E-state index in [1.165, 1.54) is 37.8 Å². The van der Waals surface area contributed by atoms with Gasteiger partial charge in [-0.3, -0.25) is 4.40 Å². The zero-order chi connectivity index (χ0) is 9.38. The molecule has 0 spiro atoms. The van der Waals surface area contributed by atoms with Gasteiger partial charge in [-0.15, -0.1) is 23.7 Å². The van der Waals surface area contributed by atoms with Crippen molar-refractivity contribution in [3.63, 3.8) is 0 Å². The maximum absolute atomic E-state index is 4.68. The SMILES string of the molecule is Cl.c1cn2cc(C3CCCCC3)nc2s1. The van der Waals surface area contributed by atoms with E-state index < -0.39 is 0 Å². The number of hydrogen-bond acceptors (Lipinski definition) is 2. The first-order chi connectivity index (χ1) is 6.93. The lowest BCUT2D eigenvalue weighted by atomic mass is 9.87. The van der Waals surface area contributed by atoms with E-state index in [1.54, 1.807) is 11.3 Å². The van der Waals surface area contributed by atoms with Crippen molar-refractivity contribution in [1.29, 1.82) is 0 Å². The molecule has 0 N–H and O–H groups in total. The molecule has 2 aromatic rings. The van der Waals surface area contributed by atoms with Crippen molar-refractivity contribution in [2.45, 2.75) is 38.0 Å². The van der Waals surface area contributed by atoms with Gasteiger partial charge in [0.1, 0.15) is 0 Å². The predicted octanol–water partition coefficient (Wildman–Crippen LogP) is 3.87. The first-order valence-electron chi connectivity index (χ1n) is 5.35. The molecule has 15 heavy (non-hydrogen) atoms. The van der Waals surface area contributed by atoms with Crippen LogP contribution >= 0.6 is 23.7 Å². The Hall–Kier alpha value is -0.540. The fourth-order valence-corrected chi connectivity index (χ4v) is 3.05. The fraction of sp³-hybridized carbons (Fsp3) is 0.545. The van der Waals surface area contributed by atoms with Gasteiger partial charge in [-0.25, -0.2) is 4.98 Å². The highest BCUT2D eigenvalue weighted by atomic mass is 35.5. The zero-order valence-electron chi connectivity index (χ0n) is 8.56. The van der Waals surface area contributed by atoms with Crippen LogP contribution in [0, 0.1) is 0 Å².